The van der Waals surface area contributed by atoms with Gasteiger partial charge in [-0.15, -0.1) is 32.9 Å². The highest BCUT2D eigenvalue weighted by Gasteiger charge is 2.33. The zero-order valence-corrected chi connectivity index (χ0v) is 25.2. The predicted octanol–water partition coefficient (Wildman–Crippen LogP) is 5.84. The number of thioether (sulfide) groups is 1. The molecule has 1 atom stereocenters. The molecule has 5 aromatic rings. The van der Waals surface area contributed by atoms with Gasteiger partial charge in [-0.05, 0) is 52.7 Å². The Kier molecular flexibility index (Phi) is 8.58. The minimum Gasteiger partial charge on any atom is -0.344 e. The van der Waals surface area contributed by atoms with Gasteiger partial charge in [0.25, 0.3) is 17.5 Å². The first-order valence-electron chi connectivity index (χ1n) is 13.2. The number of nitro benzene ring substituents is 1. The van der Waals surface area contributed by atoms with Crippen LogP contribution in [0.15, 0.2) is 93.8 Å². The molecule has 0 saturated heterocycles. The van der Waals surface area contributed by atoms with E-state index in [-0.39, 0.29) is 35.6 Å². The Morgan fingerprint density at radius 1 is 1.02 bits per heavy atom. The third-order valence-corrected chi connectivity index (χ3v) is 9.42. The zero-order chi connectivity index (χ0) is 30.6. The summed E-state index contributed by atoms with van der Waals surface area (Å²) < 4.78 is 15.3. The fourth-order valence-corrected chi connectivity index (χ4v) is 6.80. The summed E-state index contributed by atoms with van der Waals surface area (Å²) in [6.45, 7) is 0.0302. The second-order valence-corrected chi connectivity index (χ2v) is 12.3. The van der Waals surface area contributed by atoms with Crippen LogP contribution in [0.1, 0.15) is 38.4 Å². The number of nitrogens with zero attached hydrogens (tertiary/aromatic N) is 6. The van der Waals surface area contributed by atoms with E-state index in [1.807, 2.05) is 17.5 Å². The van der Waals surface area contributed by atoms with Crippen LogP contribution in [0.4, 0.5) is 10.1 Å². The molecule has 2 amide bonds. The predicted molar refractivity (Wildman–Crippen MR) is 166 cm³/mol. The fourth-order valence-electron chi connectivity index (χ4n) is 4.61. The number of rotatable bonds is 10. The Hall–Kier alpha value is -4.73. The molecule has 6 rings (SSSR count). The third kappa shape index (κ3) is 6.29. The molecular formula is C29H22FN7O4S3. The van der Waals surface area contributed by atoms with Gasteiger partial charge in [0.15, 0.2) is 11.0 Å². The average Bonchev–Trinajstić information content (AvgIpc) is 3.85. The van der Waals surface area contributed by atoms with E-state index >= 15 is 0 Å². The number of hydrogen-bond donors (Lipinski definition) is 1. The van der Waals surface area contributed by atoms with E-state index in [9.17, 15) is 24.1 Å². The molecule has 0 bridgehead atoms. The van der Waals surface area contributed by atoms with E-state index in [0.29, 0.717) is 28.0 Å². The molecule has 2 aromatic carbocycles. The molecule has 11 nitrogen and oxygen atoms in total. The summed E-state index contributed by atoms with van der Waals surface area (Å²) >= 11 is 3.96. The SMILES string of the molecule is O=C(NCc1nnc(SCC(=O)N2N=C(c3cccs3)C[C@@H]2c2ccc(F)cc2)n1-c1ccc([N+](=O)[O-])cc1)c1cccs1. The number of nitro groups is 1. The quantitative estimate of drug-likeness (QED) is 0.114. The van der Waals surface area contributed by atoms with E-state index in [1.54, 1.807) is 46.3 Å². The van der Waals surface area contributed by atoms with Crippen molar-refractivity contribution in [2.45, 2.75) is 24.2 Å². The number of halogens is 1. The Labute approximate surface area is 262 Å². The number of carbonyl (C=O) groups is 2. The van der Waals surface area contributed by atoms with Gasteiger partial charge in [-0.2, -0.15) is 5.10 Å². The highest BCUT2D eigenvalue weighted by atomic mass is 32.2. The number of amides is 2. The Morgan fingerprint density at radius 3 is 2.45 bits per heavy atom. The van der Waals surface area contributed by atoms with Crippen LogP contribution >= 0.6 is 34.4 Å². The van der Waals surface area contributed by atoms with E-state index in [1.165, 1.54) is 51.9 Å². The maximum atomic E-state index is 13.7. The number of benzene rings is 2. The second-order valence-electron chi connectivity index (χ2n) is 9.49. The number of non-ortho nitro benzene ring substituents is 1. The highest BCUT2D eigenvalue weighted by Crippen LogP contribution is 2.35. The van der Waals surface area contributed by atoms with Crippen LogP contribution in [-0.4, -0.2) is 48.0 Å². The molecule has 222 valence electrons. The normalized spacial score (nSPS) is 14.4. The van der Waals surface area contributed by atoms with Gasteiger partial charge in [-0.1, -0.05) is 36.0 Å². The molecular weight excluding hydrogens is 626 g/mol. The Bertz CT molecular complexity index is 1820. The van der Waals surface area contributed by atoms with Crippen molar-refractivity contribution in [3.05, 3.63) is 121 Å². The summed E-state index contributed by atoms with van der Waals surface area (Å²) in [7, 11) is 0. The van der Waals surface area contributed by atoms with Crippen LogP contribution in [0.25, 0.3) is 5.69 Å². The highest BCUT2D eigenvalue weighted by molar-refractivity contribution is 7.99. The molecule has 1 aliphatic heterocycles. The zero-order valence-electron chi connectivity index (χ0n) is 22.7. The molecule has 44 heavy (non-hydrogen) atoms. The lowest BCUT2D eigenvalue weighted by atomic mass is 10.0. The Balaban J connectivity index is 1.25. The Morgan fingerprint density at radius 2 is 1.77 bits per heavy atom. The average molecular weight is 648 g/mol. The first-order valence-corrected chi connectivity index (χ1v) is 15.9. The van der Waals surface area contributed by atoms with Crippen molar-refractivity contribution in [3.8, 4) is 5.69 Å². The van der Waals surface area contributed by atoms with Crippen LogP contribution in [-0.2, 0) is 11.3 Å². The lowest BCUT2D eigenvalue weighted by Gasteiger charge is -2.22. The van der Waals surface area contributed by atoms with Crippen molar-refractivity contribution in [2.75, 3.05) is 5.75 Å². The summed E-state index contributed by atoms with van der Waals surface area (Å²) in [4.78, 5) is 38.4. The van der Waals surface area contributed by atoms with Gasteiger partial charge in [0.2, 0.25) is 0 Å². The first-order chi connectivity index (χ1) is 21.4. The fraction of sp³-hybridized carbons (Fsp3) is 0.138. The summed E-state index contributed by atoms with van der Waals surface area (Å²) in [5.74, 6) is -0.606. The maximum absolute atomic E-state index is 13.7. The van der Waals surface area contributed by atoms with Crippen molar-refractivity contribution in [2.24, 2.45) is 5.10 Å². The van der Waals surface area contributed by atoms with Gasteiger partial charge in [0.05, 0.1) is 38.7 Å². The van der Waals surface area contributed by atoms with Gasteiger partial charge in [0.1, 0.15) is 5.82 Å². The molecule has 0 aliphatic carbocycles. The van der Waals surface area contributed by atoms with E-state index in [0.717, 1.165) is 27.9 Å². The molecule has 4 heterocycles. The van der Waals surface area contributed by atoms with Gasteiger partial charge in [-0.25, -0.2) is 9.40 Å². The van der Waals surface area contributed by atoms with E-state index < -0.39 is 11.0 Å². The summed E-state index contributed by atoms with van der Waals surface area (Å²) in [6, 6.07) is 18.8. The van der Waals surface area contributed by atoms with Gasteiger partial charge in [0, 0.05) is 24.2 Å². The van der Waals surface area contributed by atoms with Crippen LogP contribution in [0, 0.1) is 15.9 Å². The third-order valence-electron chi connectivity index (χ3n) is 6.72. The molecule has 0 saturated carbocycles. The second kappa shape index (κ2) is 12.9. The minimum atomic E-state index is -0.495. The number of aromatic nitrogens is 3. The number of thiophene rings is 2. The molecule has 1 aliphatic rings. The van der Waals surface area contributed by atoms with Gasteiger partial charge < -0.3 is 5.32 Å². The minimum absolute atomic E-state index is 0.0302. The molecule has 1 N–H and O–H groups in total. The van der Waals surface area contributed by atoms with Crippen LogP contribution in [0.3, 0.4) is 0 Å². The monoisotopic (exact) mass is 647 g/mol. The maximum Gasteiger partial charge on any atom is 0.269 e. The van der Waals surface area contributed by atoms with Crippen LogP contribution in [0.2, 0.25) is 0 Å². The largest absolute Gasteiger partial charge is 0.344 e. The van der Waals surface area contributed by atoms with Crippen molar-refractivity contribution in [3.63, 3.8) is 0 Å². The first kappa shape index (κ1) is 29.3. The topological polar surface area (TPSA) is 136 Å². The number of hydrazone groups is 1. The van der Waals surface area contributed by atoms with Crippen molar-refractivity contribution < 1.29 is 18.9 Å². The molecule has 0 fully saturated rings. The van der Waals surface area contributed by atoms with Crippen molar-refractivity contribution in [1.29, 1.82) is 0 Å². The van der Waals surface area contributed by atoms with E-state index in [4.69, 9.17) is 0 Å². The smallest absolute Gasteiger partial charge is 0.269 e. The number of carbonyl (C=O) groups excluding carboxylic acids is 2. The van der Waals surface area contributed by atoms with Gasteiger partial charge in [-0.3, -0.25) is 24.3 Å². The standard InChI is InChI=1S/C29H22FN7O4S3/c30-19-7-5-18(6-8-19)23-15-22(24-3-1-13-42-24)34-36(23)27(38)17-44-29-33-32-26(16-31-28(39)25-4-2-14-43-25)35(29)20-9-11-21(12-10-20)37(40)41/h1-14,23H,15-17H2,(H,31,39)/t23-/m1/s1. The summed E-state index contributed by atoms with van der Waals surface area (Å²) in [6.07, 6.45) is 0.482. The molecule has 0 unspecified atom stereocenters. The van der Waals surface area contributed by atoms with Crippen LogP contribution in [0.5, 0.6) is 0 Å². The molecule has 0 radical (unpaired) electrons. The van der Waals surface area contributed by atoms with Crippen molar-refractivity contribution >= 4 is 57.6 Å². The van der Waals surface area contributed by atoms with Crippen molar-refractivity contribution in [1.82, 2.24) is 25.1 Å². The van der Waals surface area contributed by atoms with E-state index in [2.05, 4.69) is 20.6 Å². The summed E-state index contributed by atoms with van der Waals surface area (Å²) in [5.41, 5.74) is 1.97. The molecule has 15 heteroatoms. The lowest BCUT2D eigenvalue weighted by Crippen LogP contribution is -2.28. The van der Waals surface area contributed by atoms with Gasteiger partial charge >= 0.3 is 0 Å². The number of nitrogens with one attached hydrogen (secondary N) is 1. The van der Waals surface area contributed by atoms with Crippen LogP contribution < -0.4 is 5.32 Å². The lowest BCUT2D eigenvalue weighted by molar-refractivity contribution is -0.384. The number of hydrogen-bond acceptors (Lipinski definition) is 10. The summed E-state index contributed by atoms with van der Waals surface area (Å²) in [5, 5.41) is 32.8. The molecule has 0 spiro atoms. The molecule has 3 aromatic heterocycles.